The molecule has 2 aromatic rings. The summed E-state index contributed by atoms with van der Waals surface area (Å²) in [6.07, 6.45) is 7.82. The number of benzene rings is 2. The van der Waals surface area contributed by atoms with Crippen LogP contribution in [-0.2, 0) is 4.57 Å². The Labute approximate surface area is 291 Å². The van der Waals surface area contributed by atoms with Crippen molar-refractivity contribution in [2.75, 3.05) is 32.6 Å². The molecule has 7 nitrogen and oxygen atoms in total. The molecule has 48 heavy (non-hydrogen) atoms. The monoisotopic (exact) mass is 686 g/mol. The third-order valence-corrected chi connectivity index (χ3v) is 11.1. The highest BCUT2D eigenvalue weighted by Gasteiger charge is 2.45. The lowest BCUT2D eigenvalue weighted by atomic mass is 9.86. The van der Waals surface area contributed by atoms with Gasteiger partial charge in [0, 0.05) is 18.3 Å². The number of aryl methyl sites for hydroxylation is 2. The summed E-state index contributed by atoms with van der Waals surface area (Å²) in [7, 11) is -4.28. The lowest BCUT2D eigenvalue weighted by molar-refractivity contribution is 0.103. The topological polar surface area (TPSA) is 88.1 Å². The third-order valence-electron chi connectivity index (χ3n) is 8.20. The van der Waals surface area contributed by atoms with E-state index in [9.17, 15) is 9.59 Å². The minimum Gasteiger partial charge on any atom is -0.493 e. The minimum absolute atomic E-state index is 0.0485. The molecule has 0 heterocycles. The molecule has 270 valence electrons. The van der Waals surface area contributed by atoms with Gasteiger partial charge in [-0.05, 0) is 80.5 Å². The molecule has 0 aliphatic carbocycles. The van der Waals surface area contributed by atoms with E-state index in [0.717, 1.165) is 51.4 Å². The Morgan fingerprint density at radius 2 is 1.00 bits per heavy atom. The van der Waals surface area contributed by atoms with Crippen molar-refractivity contribution in [2.45, 2.75) is 127 Å². The maximum atomic E-state index is 15.5. The van der Waals surface area contributed by atoms with Crippen LogP contribution in [0, 0.1) is 25.2 Å². The van der Waals surface area contributed by atoms with Crippen LogP contribution in [-0.4, -0.2) is 43.6 Å². The van der Waals surface area contributed by atoms with Crippen LogP contribution in [0.4, 0.5) is 0 Å². The van der Waals surface area contributed by atoms with E-state index in [4.69, 9.17) is 18.9 Å². The second-order valence-electron chi connectivity index (χ2n) is 14.4. The summed E-state index contributed by atoms with van der Waals surface area (Å²) in [4.78, 5) is 29.8. The van der Waals surface area contributed by atoms with E-state index >= 15 is 4.57 Å². The molecule has 0 amide bonds. The molecule has 0 aromatic heterocycles. The Bertz CT molecular complexity index is 1290. The molecule has 1 unspecified atom stereocenters. The number of carbonyl (C=O) groups is 2. The highest BCUT2D eigenvalue weighted by Crippen LogP contribution is 2.57. The standard InChI is InChI=1S/C40H63O7P/c1-11-15-19-44-32-23-30(6)36(34(25-32)46-21-17-13-3)38(41)48(43,28-29(5)27-40(8,9)10)39(42)37-31(7)24-33(45-20-16-12-2)26-35(37)47-22-18-14-4/h23-26,29H,11-22,27-28H2,1-10H3. The van der Waals surface area contributed by atoms with Gasteiger partial charge in [0.15, 0.2) is 0 Å². The minimum atomic E-state index is -4.28. The molecule has 0 saturated carbocycles. The highest BCUT2D eigenvalue weighted by molar-refractivity contribution is 7.95. The van der Waals surface area contributed by atoms with Gasteiger partial charge in [0.25, 0.3) is 0 Å². The fraction of sp³-hybridized carbons (Fsp3) is 0.650. The summed E-state index contributed by atoms with van der Waals surface area (Å²) in [5.41, 5.74) is 0.123. The van der Waals surface area contributed by atoms with Crippen molar-refractivity contribution in [1.82, 2.24) is 0 Å². The molecule has 0 N–H and O–H groups in total. The highest BCUT2D eigenvalue weighted by atomic mass is 31.2. The predicted molar refractivity (Wildman–Crippen MR) is 198 cm³/mol. The SMILES string of the molecule is CCCCOc1cc(C)c(C(=O)P(=O)(CC(C)CC(C)(C)C)C(=O)c2c(C)cc(OCCCC)cc2OCCCC)c(OCCCC)c1. The molecule has 0 saturated heterocycles. The molecular formula is C40H63O7P. The quantitative estimate of drug-likeness (QED) is 0.0849. The number of hydrogen-bond acceptors (Lipinski definition) is 7. The van der Waals surface area contributed by atoms with E-state index in [-0.39, 0.29) is 28.6 Å². The normalized spacial score (nSPS) is 12.5. The van der Waals surface area contributed by atoms with Gasteiger partial charge in [-0.25, -0.2) is 0 Å². The maximum Gasteiger partial charge on any atom is 0.232 e. The van der Waals surface area contributed by atoms with Gasteiger partial charge in [-0.15, -0.1) is 0 Å². The maximum absolute atomic E-state index is 15.5. The van der Waals surface area contributed by atoms with E-state index in [1.807, 2.05) is 6.92 Å². The number of unbranched alkanes of at least 4 members (excludes halogenated alkanes) is 4. The lowest BCUT2D eigenvalue weighted by Crippen LogP contribution is -2.22. The van der Waals surface area contributed by atoms with Crippen LogP contribution in [0.25, 0.3) is 0 Å². The molecule has 0 bridgehead atoms. The summed E-state index contributed by atoms with van der Waals surface area (Å²) >= 11 is 0. The van der Waals surface area contributed by atoms with Gasteiger partial charge >= 0.3 is 0 Å². The average Bonchev–Trinajstić information content (AvgIpc) is 3.00. The summed E-state index contributed by atoms with van der Waals surface area (Å²) in [6.45, 7) is 22.1. The van der Waals surface area contributed by atoms with Crippen LogP contribution < -0.4 is 18.9 Å². The average molecular weight is 687 g/mol. The first-order chi connectivity index (χ1) is 22.7. The van der Waals surface area contributed by atoms with Crippen molar-refractivity contribution >= 4 is 18.2 Å². The molecule has 0 aliphatic rings. The molecule has 8 heteroatoms. The molecule has 0 radical (unpaired) electrons. The van der Waals surface area contributed by atoms with E-state index in [0.29, 0.717) is 67.0 Å². The fourth-order valence-corrected chi connectivity index (χ4v) is 8.70. The van der Waals surface area contributed by atoms with Crippen molar-refractivity contribution in [3.8, 4) is 23.0 Å². The van der Waals surface area contributed by atoms with Crippen LogP contribution in [0.15, 0.2) is 24.3 Å². The second kappa shape index (κ2) is 20.0. The van der Waals surface area contributed by atoms with Gasteiger partial charge in [0.1, 0.15) is 23.0 Å². The molecular weight excluding hydrogens is 623 g/mol. The second-order valence-corrected chi connectivity index (χ2v) is 17.1. The zero-order valence-electron chi connectivity index (χ0n) is 31.6. The van der Waals surface area contributed by atoms with Crippen LogP contribution in [0.3, 0.4) is 0 Å². The number of ether oxygens (including phenoxy) is 4. The Morgan fingerprint density at radius 1 is 0.646 bits per heavy atom. The van der Waals surface area contributed by atoms with Gasteiger partial charge in [-0.2, -0.15) is 0 Å². The van der Waals surface area contributed by atoms with Crippen molar-refractivity contribution < 1.29 is 33.1 Å². The van der Waals surface area contributed by atoms with Crippen LogP contribution in [0.5, 0.6) is 23.0 Å². The van der Waals surface area contributed by atoms with E-state index < -0.39 is 18.2 Å². The zero-order chi connectivity index (χ0) is 35.9. The Kier molecular flexibility index (Phi) is 17.3. The predicted octanol–water partition coefficient (Wildman–Crippen LogP) is 11.4. The van der Waals surface area contributed by atoms with Crippen molar-refractivity contribution in [3.63, 3.8) is 0 Å². The van der Waals surface area contributed by atoms with E-state index in [1.54, 1.807) is 38.1 Å². The Balaban J connectivity index is 2.78. The smallest absolute Gasteiger partial charge is 0.232 e. The van der Waals surface area contributed by atoms with Crippen LogP contribution in [0.1, 0.15) is 145 Å². The zero-order valence-corrected chi connectivity index (χ0v) is 32.5. The summed E-state index contributed by atoms with van der Waals surface area (Å²) in [6, 6.07) is 7.00. The third kappa shape index (κ3) is 12.3. The molecule has 1 atom stereocenters. The van der Waals surface area contributed by atoms with Crippen molar-refractivity contribution in [1.29, 1.82) is 0 Å². The fourth-order valence-electron chi connectivity index (χ4n) is 5.88. The summed E-state index contributed by atoms with van der Waals surface area (Å²) in [5.74, 6) is 1.64. The summed E-state index contributed by atoms with van der Waals surface area (Å²) < 4.78 is 39.9. The molecule has 0 aliphatic heterocycles. The van der Waals surface area contributed by atoms with Gasteiger partial charge in [0.2, 0.25) is 18.2 Å². The van der Waals surface area contributed by atoms with Gasteiger partial charge in [-0.1, -0.05) is 81.1 Å². The van der Waals surface area contributed by atoms with Crippen molar-refractivity contribution in [3.05, 3.63) is 46.5 Å². The van der Waals surface area contributed by atoms with E-state index in [2.05, 4.69) is 48.5 Å². The first kappa shape index (κ1) is 41.4. The largest absolute Gasteiger partial charge is 0.493 e. The first-order valence-electron chi connectivity index (χ1n) is 18.2. The lowest BCUT2D eigenvalue weighted by Gasteiger charge is -2.27. The van der Waals surface area contributed by atoms with Gasteiger partial charge in [0.05, 0.1) is 37.6 Å². The van der Waals surface area contributed by atoms with Crippen molar-refractivity contribution in [2.24, 2.45) is 11.3 Å². The van der Waals surface area contributed by atoms with Gasteiger partial charge in [-0.3, -0.25) is 9.59 Å². The number of hydrogen-bond donors (Lipinski definition) is 0. The van der Waals surface area contributed by atoms with Crippen LogP contribution >= 0.6 is 7.14 Å². The number of rotatable bonds is 23. The molecule has 0 spiro atoms. The Hall–Kier alpha value is -2.79. The number of carbonyl (C=O) groups excluding carboxylic acids is 2. The van der Waals surface area contributed by atoms with Gasteiger partial charge < -0.3 is 23.5 Å². The molecule has 2 aromatic carbocycles. The summed E-state index contributed by atoms with van der Waals surface area (Å²) in [5, 5.41) is 0. The Morgan fingerprint density at radius 3 is 1.33 bits per heavy atom. The van der Waals surface area contributed by atoms with E-state index in [1.165, 1.54) is 0 Å². The first-order valence-corrected chi connectivity index (χ1v) is 20.1. The molecule has 2 rings (SSSR count). The molecule has 0 fully saturated rings. The van der Waals surface area contributed by atoms with Crippen LogP contribution in [0.2, 0.25) is 0 Å².